The molecule has 4 rings (SSSR count). The number of amides is 1. The summed E-state index contributed by atoms with van der Waals surface area (Å²) in [5, 5.41) is 17.7. The van der Waals surface area contributed by atoms with Crippen molar-refractivity contribution in [1.82, 2.24) is 4.57 Å². The van der Waals surface area contributed by atoms with E-state index in [9.17, 15) is 9.59 Å². The number of nitrogens with one attached hydrogen (secondary N) is 3. The van der Waals surface area contributed by atoms with Crippen molar-refractivity contribution >= 4 is 29.7 Å². The van der Waals surface area contributed by atoms with Crippen molar-refractivity contribution in [3.8, 4) is 11.1 Å². The zero-order chi connectivity index (χ0) is 24.9. The first-order valence-corrected chi connectivity index (χ1v) is 11.2. The number of nitrogens with zero attached hydrogens (tertiary/aromatic N) is 2. The molecule has 1 fully saturated rings. The van der Waals surface area contributed by atoms with E-state index in [1.807, 2.05) is 31.2 Å². The number of hydrogen-bond donors (Lipinski definition) is 3. The van der Waals surface area contributed by atoms with Crippen molar-refractivity contribution in [2.45, 2.75) is 6.92 Å². The lowest BCUT2D eigenvalue weighted by molar-refractivity contribution is 0.102. The number of pyridine rings is 1. The highest BCUT2D eigenvalue weighted by Gasteiger charge is 2.17. The molecule has 2 aromatic carbocycles. The van der Waals surface area contributed by atoms with Gasteiger partial charge in [0.15, 0.2) is 6.40 Å². The van der Waals surface area contributed by atoms with E-state index >= 15 is 0 Å². The highest BCUT2D eigenvalue weighted by molar-refractivity contribution is 6.06. The Labute approximate surface area is 202 Å². The molecule has 180 valence electrons. The third-order valence-electron chi connectivity index (χ3n) is 5.94. The molecule has 0 aliphatic carbocycles. The van der Waals surface area contributed by atoms with E-state index in [1.165, 1.54) is 6.07 Å². The molecule has 1 saturated heterocycles. The Morgan fingerprint density at radius 1 is 1.09 bits per heavy atom. The fraction of sp³-hybridized carbons (Fsp3) is 0.231. The van der Waals surface area contributed by atoms with Crippen LogP contribution in [0.3, 0.4) is 0 Å². The topological polar surface area (TPSA) is 120 Å². The van der Waals surface area contributed by atoms with Crippen molar-refractivity contribution in [1.29, 1.82) is 10.8 Å². The van der Waals surface area contributed by atoms with Gasteiger partial charge in [-0.1, -0.05) is 12.1 Å². The molecule has 0 atom stereocenters. The van der Waals surface area contributed by atoms with Crippen LogP contribution in [0.5, 0.6) is 0 Å². The van der Waals surface area contributed by atoms with E-state index in [0.29, 0.717) is 49.5 Å². The zero-order valence-electron chi connectivity index (χ0n) is 19.6. The van der Waals surface area contributed by atoms with Crippen molar-refractivity contribution in [3.63, 3.8) is 0 Å². The minimum Gasteiger partial charge on any atom is -0.428 e. The normalized spacial score (nSPS) is 13.3. The Morgan fingerprint density at radius 3 is 2.57 bits per heavy atom. The Morgan fingerprint density at radius 2 is 1.83 bits per heavy atom. The number of ether oxygens (including phenoxy) is 2. The number of rotatable bonds is 6. The van der Waals surface area contributed by atoms with Gasteiger partial charge in [0, 0.05) is 43.0 Å². The summed E-state index contributed by atoms with van der Waals surface area (Å²) < 4.78 is 11.9. The third kappa shape index (κ3) is 5.30. The summed E-state index contributed by atoms with van der Waals surface area (Å²) in [7, 11) is 1.77. The van der Waals surface area contributed by atoms with Gasteiger partial charge in [0.25, 0.3) is 11.5 Å². The standard InChI is InChI=1S/C26H27N5O4/c1-17-6-7-21(29-26(33)19-5-3-4-18(12-19)25(28)35-16-27)15-22(17)20-13-23(30(2)24(32)14-20)31-8-10-34-11-9-31/h3-7,12-16,27-28H,8-11H2,1-2H3,(H,29,33). The summed E-state index contributed by atoms with van der Waals surface area (Å²) in [6.45, 7) is 4.63. The van der Waals surface area contributed by atoms with Crippen LogP contribution in [-0.4, -0.2) is 49.1 Å². The lowest BCUT2D eigenvalue weighted by Gasteiger charge is -2.30. The molecule has 9 heteroatoms. The summed E-state index contributed by atoms with van der Waals surface area (Å²) in [5.74, 6) is 0.271. The molecule has 35 heavy (non-hydrogen) atoms. The average molecular weight is 474 g/mol. The molecule has 0 spiro atoms. The second kappa shape index (κ2) is 10.4. The van der Waals surface area contributed by atoms with Crippen molar-refractivity contribution in [3.05, 3.63) is 81.6 Å². The molecule has 1 aromatic heterocycles. The monoisotopic (exact) mass is 473 g/mol. The fourth-order valence-electron chi connectivity index (χ4n) is 4.01. The smallest absolute Gasteiger partial charge is 0.255 e. The second-order valence-electron chi connectivity index (χ2n) is 8.23. The largest absolute Gasteiger partial charge is 0.428 e. The van der Waals surface area contributed by atoms with E-state index in [1.54, 1.807) is 35.9 Å². The van der Waals surface area contributed by atoms with Gasteiger partial charge in [-0.3, -0.25) is 25.0 Å². The van der Waals surface area contributed by atoms with Gasteiger partial charge >= 0.3 is 0 Å². The minimum atomic E-state index is -0.345. The Kier molecular flexibility index (Phi) is 7.07. The first kappa shape index (κ1) is 23.9. The predicted molar refractivity (Wildman–Crippen MR) is 136 cm³/mol. The van der Waals surface area contributed by atoms with Gasteiger partial charge in [-0.05, 0) is 60.0 Å². The zero-order valence-corrected chi connectivity index (χ0v) is 19.6. The SMILES string of the molecule is Cc1ccc(NC(=O)c2cccc(C(=N)OC=N)c2)cc1-c1cc(N2CCOCC2)n(C)c(=O)c1. The molecular weight excluding hydrogens is 446 g/mol. The molecule has 3 aromatic rings. The number of carbonyl (C=O) groups excluding carboxylic acids is 1. The maximum Gasteiger partial charge on any atom is 0.255 e. The molecule has 1 aliphatic heterocycles. The number of anilines is 2. The van der Waals surface area contributed by atoms with E-state index in [0.717, 1.165) is 22.5 Å². The second-order valence-corrected chi connectivity index (χ2v) is 8.23. The Hall–Kier alpha value is -4.24. The molecule has 0 saturated carbocycles. The lowest BCUT2D eigenvalue weighted by atomic mass is 10.00. The molecule has 1 aliphatic rings. The molecule has 0 bridgehead atoms. The number of benzene rings is 2. The van der Waals surface area contributed by atoms with Gasteiger partial charge in [0.1, 0.15) is 5.82 Å². The minimum absolute atomic E-state index is 0.107. The summed E-state index contributed by atoms with van der Waals surface area (Å²) >= 11 is 0. The van der Waals surface area contributed by atoms with Gasteiger partial charge in [-0.15, -0.1) is 0 Å². The summed E-state index contributed by atoms with van der Waals surface area (Å²) in [5.41, 5.74) is 3.83. The van der Waals surface area contributed by atoms with Crippen LogP contribution in [0.2, 0.25) is 0 Å². The van der Waals surface area contributed by atoms with E-state index < -0.39 is 0 Å². The summed E-state index contributed by atoms with van der Waals surface area (Å²) in [6.07, 6.45) is 0.671. The van der Waals surface area contributed by atoms with E-state index in [-0.39, 0.29) is 17.4 Å². The van der Waals surface area contributed by atoms with Crippen LogP contribution >= 0.6 is 0 Å². The van der Waals surface area contributed by atoms with Crippen LogP contribution in [-0.2, 0) is 16.5 Å². The van der Waals surface area contributed by atoms with Gasteiger partial charge < -0.3 is 19.7 Å². The quantitative estimate of drug-likeness (QED) is 0.374. The van der Waals surface area contributed by atoms with Gasteiger partial charge in [0.2, 0.25) is 5.90 Å². The van der Waals surface area contributed by atoms with Crippen LogP contribution in [0.15, 0.2) is 59.4 Å². The molecule has 9 nitrogen and oxygen atoms in total. The van der Waals surface area contributed by atoms with E-state index in [2.05, 4.69) is 10.2 Å². The number of hydrogen-bond acceptors (Lipinski definition) is 7. The van der Waals surface area contributed by atoms with E-state index in [4.69, 9.17) is 20.3 Å². The molecule has 0 unspecified atom stereocenters. The molecule has 2 heterocycles. The number of aryl methyl sites for hydroxylation is 1. The van der Waals surface area contributed by atoms with Gasteiger partial charge in [0.05, 0.1) is 13.2 Å². The first-order chi connectivity index (χ1) is 16.9. The lowest BCUT2D eigenvalue weighted by Crippen LogP contribution is -2.39. The van der Waals surface area contributed by atoms with Crippen LogP contribution in [0.4, 0.5) is 11.5 Å². The molecule has 0 radical (unpaired) electrons. The number of morpholine rings is 1. The van der Waals surface area contributed by atoms with Crippen molar-refractivity contribution < 1.29 is 14.3 Å². The maximum atomic E-state index is 12.9. The van der Waals surface area contributed by atoms with Crippen LogP contribution < -0.4 is 15.8 Å². The molecular formula is C26H27N5O4. The van der Waals surface area contributed by atoms with Crippen LogP contribution in [0, 0.1) is 17.7 Å². The highest BCUT2D eigenvalue weighted by Crippen LogP contribution is 2.29. The van der Waals surface area contributed by atoms with Crippen LogP contribution in [0.25, 0.3) is 11.1 Å². The Balaban J connectivity index is 1.63. The van der Waals surface area contributed by atoms with Crippen molar-refractivity contribution in [2.75, 3.05) is 36.5 Å². The average Bonchev–Trinajstić information content (AvgIpc) is 2.87. The summed E-state index contributed by atoms with van der Waals surface area (Å²) in [4.78, 5) is 27.8. The van der Waals surface area contributed by atoms with Crippen LogP contribution in [0.1, 0.15) is 21.5 Å². The predicted octanol–water partition coefficient (Wildman–Crippen LogP) is 3.40. The van der Waals surface area contributed by atoms with Crippen molar-refractivity contribution in [2.24, 2.45) is 7.05 Å². The summed E-state index contributed by atoms with van der Waals surface area (Å²) in [6, 6.07) is 15.6. The maximum absolute atomic E-state index is 12.9. The third-order valence-corrected chi connectivity index (χ3v) is 5.94. The number of aromatic nitrogens is 1. The first-order valence-electron chi connectivity index (χ1n) is 11.2. The molecule has 3 N–H and O–H groups in total. The molecule has 1 amide bonds. The van der Waals surface area contributed by atoms with Gasteiger partial charge in [-0.2, -0.15) is 0 Å². The highest BCUT2D eigenvalue weighted by atomic mass is 16.5. The van der Waals surface area contributed by atoms with Gasteiger partial charge in [-0.25, -0.2) is 0 Å². The number of carbonyl (C=O) groups is 1. The Bertz CT molecular complexity index is 1340. The fourth-order valence-corrected chi connectivity index (χ4v) is 4.01.